The van der Waals surface area contributed by atoms with E-state index in [1.165, 1.54) is 5.56 Å². The molecule has 0 spiro atoms. The third kappa shape index (κ3) is 5.83. The maximum absolute atomic E-state index is 12.0. The van der Waals surface area contributed by atoms with Gasteiger partial charge in [-0.2, -0.15) is 0 Å². The zero-order valence-corrected chi connectivity index (χ0v) is 14.4. The Morgan fingerprint density at radius 1 is 1.00 bits per heavy atom. The van der Waals surface area contributed by atoms with E-state index >= 15 is 0 Å². The van der Waals surface area contributed by atoms with Crippen molar-refractivity contribution in [1.82, 2.24) is 25.5 Å². The molecule has 0 radical (unpaired) electrons. The molecule has 0 atom stereocenters. The number of carbonyl (C=O) groups excluding carboxylic acids is 1. The molecule has 0 saturated carbocycles. The number of urea groups is 1. The molecule has 2 aromatic rings. The summed E-state index contributed by atoms with van der Waals surface area (Å²) in [6, 6.07) is 8.12. The van der Waals surface area contributed by atoms with Crippen LogP contribution in [0.4, 0.5) is 4.79 Å². The Hall–Kier alpha value is -2.47. The highest BCUT2D eigenvalue weighted by atomic mass is 16.2. The minimum absolute atomic E-state index is 0.0907. The van der Waals surface area contributed by atoms with Crippen LogP contribution in [-0.4, -0.2) is 46.6 Å². The quantitative estimate of drug-likeness (QED) is 0.844. The minimum Gasteiger partial charge on any atom is -0.335 e. The number of nitrogens with zero attached hydrogens (tertiary/aromatic N) is 3. The molecule has 0 bridgehead atoms. The van der Waals surface area contributed by atoms with Gasteiger partial charge in [0.25, 0.3) is 0 Å². The molecule has 1 aliphatic heterocycles. The van der Waals surface area contributed by atoms with Crippen LogP contribution in [0.3, 0.4) is 0 Å². The number of rotatable bonds is 6. The van der Waals surface area contributed by atoms with Crippen molar-refractivity contribution >= 4 is 6.03 Å². The molecule has 3 heterocycles. The molecule has 3 rings (SSSR count). The summed E-state index contributed by atoms with van der Waals surface area (Å²) in [5.74, 6) is 0. The number of hydrogen-bond donors (Lipinski definition) is 2. The molecular formula is C19H25N5O. The number of carbonyl (C=O) groups is 1. The monoisotopic (exact) mass is 339 g/mol. The van der Waals surface area contributed by atoms with E-state index in [4.69, 9.17) is 0 Å². The Labute approximate surface area is 148 Å². The molecule has 6 nitrogen and oxygen atoms in total. The average molecular weight is 339 g/mol. The predicted octanol–water partition coefficient (Wildman–Crippen LogP) is 1.98. The van der Waals surface area contributed by atoms with Gasteiger partial charge in [-0.15, -0.1) is 0 Å². The first-order valence-electron chi connectivity index (χ1n) is 8.84. The van der Waals surface area contributed by atoms with Crippen molar-refractivity contribution in [3.8, 4) is 0 Å². The van der Waals surface area contributed by atoms with Crippen LogP contribution < -0.4 is 10.6 Å². The first kappa shape index (κ1) is 17.4. The second kappa shape index (κ2) is 9.13. The van der Waals surface area contributed by atoms with E-state index in [9.17, 15) is 4.79 Å². The van der Waals surface area contributed by atoms with E-state index in [0.717, 1.165) is 44.5 Å². The number of nitrogens with one attached hydrogen (secondary N) is 2. The predicted molar refractivity (Wildman–Crippen MR) is 97.0 cm³/mol. The lowest BCUT2D eigenvalue weighted by molar-refractivity contribution is 0.193. The van der Waals surface area contributed by atoms with Crippen LogP contribution in [0.1, 0.15) is 24.0 Å². The Bertz CT molecular complexity index is 641. The number of aromatic nitrogens is 2. The summed E-state index contributed by atoms with van der Waals surface area (Å²) < 4.78 is 0. The van der Waals surface area contributed by atoms with Gasteiger partial charge in [-0.05, 0) is 54.7 Å². The normalized spacial score (nSPS) is 15.7. The zero-order chi connectivity index (χ0) is 17.3. The minimum atomic E-state index is -0.0907. The van der Waals surface area contributed by atoms with E-state index < -0.39 is 0 Å². The third-order valence-electron chi connectivity index (χ3n) is 4.59. The fraction of sp³-hybridized carbons (Fsp3) is 0.421. The molecular weight excluding hydrogens is 314 g/mol. The summed E-state index contributed by atoms with van der Waals surface area (Å²) in [5.41, 5.74) is 2.38. The van der Waals surface area contributed by atoms with Crippen LogP contribution >= 0.6 is 0 Å². The van der Waals surface area contributed by atoms with Crippen molar-refractivity contribution in [2.24, 2.45) is 0 Å². The fourth-order valence-corrected chi connectivity index (χ4v) is 3.06. The summed E-state index contributed by atoms with van der Waals surface area (Å²) in [5, 5.41) is 5.99. The van der Waals surface area contributed by atoms with E-state index in [1.807, 2.05) is 24.5 Å². The maximum atomic E-state index is 12.0. The average Bonchev–Trinajstić information content (AvgIpc) is 2.67. The first-order chi connectivity index (χ1) is 12.3. The van der Waals surface area contributed by atoms with Crippen LogP contribution in [0.25, 0.3) is 0 Å². The van der Waals surface area contributed by atoms with Crippen molar-refractivity contribution in [3.63, 3.8) is 0 Å². The second-order valence-electron chi connectivity index (χ2n) is 6.40. The largest absolute Gasteiger partial charge is 0.335 e. The number of pyridine rings is 2. The van der Waals surface area contributed by atoms with E-state index in [1.54, 1.807) is 12.4 Å². The van der Waals surface area contributed by atoms with E-state index in [0.29, 0.717) is 6.54 Å². The van der Waals surface area contributed by atoms with Gasteiger partial charge in [0.15, 0.2) is 0 Å². The van der Waals surface area contributed by atoms with Crippen molar-refractivity contribution in [2.75, 3.05) is 19.6 Å². The zero-order valence-electron chi connectivity index (χ0n) is 14.4. The molecule has 0 aliphatic carbocycles. The number of likely N-dealkylation sites (tertiary alicyclic amines) is 1. The van der Waals surface area contributed by atoms with Crippen LogP contribution in [0, 0.1) is 0 Å². The highest BCUT2D eigenvalue weighted by Gasteiger charge is 2.20. The fourth-order valence-electron chi connectivity index (χ4n) is 3.06. The van der Waals surface area contributed by atoms with Gasteiger partial charge in [0, 0.05) is 57.0 Å². The highest BCUT2D eigenvalue weighted by Crippen LogP contribution is 2.11. The summed E-state index contributed by atoms with van der Waals surface area (Å²) in [6.45, 7) is 3.64. The highest BCUT2D eigenvalue weighted by molar-refractivity contribution is 5.74. The number of amides is 2. The Kier molecular flexibility index (Phi) is 6.34. The van der Waals surface area contributed by atoms with Gasteiger partial charge in [-0.1, -0.05) is 0 Å². The van der Waals surface area contributed by atoms with Gasteiger partial charge in [0.05, 0.1) is 0 Å². The Balaban J connectivity index is 1.32. The van der Waals surface area contributed by atoms with Crippen molar-refractivity contribution in [3.05, 3.63) is 60.2 Å². The summed E-state index contributed by atoms with van der Waals surface area (Å²) in [7, 11) is 0. The Morgan fingerprint density at radius 3 is 2.24 bits per heavy atom. The van der Waals surface area contributed by atoms with Crippen LogP contribution in [0.5, 0.6) is 0 Å². The topological polar surface area (TPSA) is 70.2 Å². The molecule has 0 aromatic carbocycles. The smallest absolute Gasteiger partial charge is 0.315 e. The lowest BCUT2D eigenvalue weighted by Gasteiger charge is -2.32. The molecule has 2 aromatic heterocycles. The lowest BCUT2D eigenvalue weighted by atomic mass is 10.0. The Morgan fingerprint density at radius 2 is 1.60 bits per heavy atom. The summed E-state index contributed by atoms with van der Waals surface area (Å²) in [4.78, 5) is 22.5. The van der Waals surface area contributed by atoms with Crippen molar-refractivity contribution in [2.45, 2.75) is 31.8 Å². The van der Waals surface area contributed by atoms with Gasteiger partial charge in [-0.25, -0.2) is 4.79 Å². The number of piperidine rings is 1. The molecule has 132 valence electrons. The van der Waals surface area contributed by atoms with Gasteiger partial charge in [0.2, 0.25) is 0 Å². The SMILES string of the molecule is O=C(NCc1ccncc1)NC1CCN(CCc2ccncc2)CC1. The summed E-state index contributed by atoms with van der Waals surface area (Å²) in [6.07, 6.45) is 10.2. The van der Waals surface area contributed by atoms with Gasteiger partial charge < -0.3 is 15.5 Å². The molecule has 1 fully saturated rings. The molecule has 25 heavy (non-hydrogen) atoms. The van der Waals surface area contributed by atoms with Gasteiger partial charge in [-0.3, -0.25) is 9.97 Å². The first-order valence-corrected chi connectivity index (χ1v) is 8.84. The molecule has 2 N–H and O–H groups in total. The molecule has 1 saturated heterocycles. The van der Waals surface area contributed by atoms with E-state index in [2.05, 4.69) is 37.6 Å². The van der Waals surface area contributed by atoms with Crippen molar-refractivity contribution < 1.29 is 4.79 Å². The van der Waals surface area contributed by atoms with Gasteiger partial charge >= 0.3 is 6.03 Å². The second-order valence-corrected chi connectivity index (χ2v) is 6.40. The third-order valence-corrected chi connectivity index (χ3v) is 4.59. The molecule has 6 heteroatoms. The lowest BCUT2D eigenvalue weighted by Crippen LogP contribution is -2.48. The van der Waals surface area contributed by atoms with Crippen LogP contribution in [-0.2, 0) is 13.0 Å². The van der Waals surface area contributed by atoms with Crippen LogP contribution in [0.2, 0.25) is 0 Å². The summed E-state index contributed by atoms with van der Waals surface area (Å²) >= 11 is 0. The van der Waals surface area contributed by atoms with E-state index in [-0.39, 0.29) is 12.1 Å². The van der Waals surface area contributed by atoms with Crippen molar-refractivity contribution in [1.29, 1.82) is 0 Å². The standard InChI is InChI=1S/C19H25N5O/c25-19(22-15-17-3-10-21-11-4-17)23-18-6-13-24(14-7-18)12-5-16-1-8-20-9-2-16/h1-4,8-11,18H,5-7,12-15H2,(H2,22,23,25). The molecule has 1 aliphatic rings. The molecule has 2 amide bonds. The van der Waals surface area contributed by atoms with Gasteiger partial charge in [0.1, 0.15) is 0 Å². The maximum Gasteiger partial charge on any atom is 0.315 e. The number of hydrogen-bond acceptors (Lipinski definition) is 4. The molecule has 0 unspecified atom stereocenters. The van der Waals surface area contributed by atoms with Crippen LogP contribution in [0.15, 0.2) is 49.1 Å².